The Kier molecular flexibility index (Phi) is 5.11. The van der Waals surface area contributed by atoms with Crippen molar-refractivity contribution in [2.24, 2.45) is 0 Å². The van der Waals surface area contributed by atoms with E-state index in [1.807, 2.05) is 26.0 Å². The van der Waals surface area contributed by atoms with Crippen LogP contribution in [0.15, 0.2) is 18.2 Å². The second-order valence-electron chi connectivity index (χ2n) is 5.71. The van der Waals surface area contributed by atoms with Crippen LogP contribution in [0.5, 0.6) is 5.88 Å². The highest BCUT2D eigenvalue weighted by Gasteiger charge is 2.15. The molecule has 2 N–H and O–H groups in total. The quantitative estimate of drug-likeness (QED) is 0.844. The van der Waals surface area contributed by atoms with Crippen LogP contribution in [0.2, 0.25) is 0 Å². The summed E-state index contributed by atoms with van der Waals surface area (Å²) >= 11 is 0. The number of nitrogens with one attached hydrogen (secondary N) is 1. The van der Waals surface area contributed by atoms with Crippen molar-refractivity contribution in [3.63, 3.8) is 0 Å². The minimum absolute atomic E-state index is 0.0208. The fraction of sp³-hybridized carbons (Fsp3) is 0.643. The van der Waals surface area contributed by atoms with Gasteiger partial charge in [0.15, 0.2) is 0 Å². The lowest BCUT2D eigenvalue weighted by Gasteiger charge is -2.22. The number of pyridine rings is 1. The molecule has 0 amide bonds. The normalized spacial score (nSPS) is 13.7. The van der Waals surface area contributed by atoms with E-state index in [0.717, 1.165) is 0 Å². The molecule has 4 nitrogen and oxygen atoms in total. The Bertz CT molecular complexity index is 372. The number of rotatable bonds is 5. The van der Waals surface area contributed by atoms with Crippen LogP contribution in [0, 0.1) is 0 Å². The van der Waals surface area contributed by atoms with Gasteiger partial charge in [0.2, 0.25) is 5.88 Å². The molecule has 1 aromatic heterocycles. The van der Waals surface area contributed by atoms with Crippen molar-refractivity contribution in [3.05, 3.63) is 23.9 Å². The third-order valence-electron chi connectivity index (χ3n) is 2.27. The van der Waals surface area contributed by atoms with Crippen molar-refractivity contribution < 1.29 is 9.84 Å². The van der Waals surface area contributed by atoms with Gasteiger partial charge >= 0.3 is 0 Å². The number of aromatic nitrogens is 1. The highest BCUT2D eigenvalue weighted by molar-refractivity contribution is 5.17. The minimum atomic E-state index is -0.625. The molecule has 0 saturated heterocycles. The van der Waals surface area contributed by atoms with Crippen LogP contribution >= 0.6 is 0 Å². The molecule has 1 heterocycles. The molecule has 0 fully saturated rings. The molecule has 4 heteroatoms. The molecule has 1 aromatic rings. The van der Waals surface area contributed by atoms with Crippen LogP contribution in [-0.4, -0.2) is 28.3 Å². The average molecular weight is 252 g/mol. The van der Waals surface area contributed by atoms with E-state index in [0.29, 0.717) is 18.1 Å². The lowest BCUT2D eigenvalue weighted by Crippen LogP contribution is -2.38. The summed E-state index contributed by atoms with van der Waals surface area (Å²) in [5.74, 6) is 0.553. The third kappa shape index (κ3) is 5.47. The van der Waals surface area contributed by atoms with Crippen LogP contribution in [0.25, 0.3) is 0 Å². The first-order valence-electron chi connectivity index (χ1n) is 6.34. The molecular formula is C14H24N2O2. The summed E-state index contributed by atoms with van der Waals surface area (Å²) < 4.78 is 5.51. The van der Waals surface area contributed by atoms with Crippen molar-refractivity contribution >= 4 is 0 Å². The van der Waals surface area contributed by atoms with Crippen molar-refractivity contribution in [2.75, 3.05) is 6.54 Å². The van der Waals surface area contributed by atoms with E-state index in [4.69, 9.17) is 4.74 Å². The number of aliphatic hydroxyl groups excluding tert-OH is 1. The van der Waals surface area contributed by atoms with E-state index >= 15 is 0 Å². The summed E-state index contributed by atoms with van der Waals surface area (Å²) in [6, 6.07) is 5.45. The second kappa shape index (κ2) is 6.16. The number of hydrogen-bond donors (Lipinski definition) is 2. The first-order valence-corrected chi connectivity index (χ1v) is 6.34. The van der Waals surface area contributed by atoms with Gasteiger partial charge in [0, 0.05) is 18.2 Å². The smallest absolute Gasteiger partial charge is 0.213 e. The molecular weight excluding hydrogens is 228 g/mol. The Labute approximate surface area is 109 Å². The Balaban J connectivity index is 2.65. The van der Waals surface area contributed by atoms with Crippen molar-refractivity contribution in [2.45, 2.75) is 52.4 Å². The number of aliphatic hydroxyl groups is 1. The van der Waals surface area contributed by atoms with Crippen LogP contribution in [0.4, 0.5) is 0 Å². The summed E-state index contributed by atoms with van der Waals surface area (Å²) in [7, 11) is 0. The second-order valence-corrected chi connectivity index (χ2v) is 5.71. The third-order valence-corrected chi connectivity index (χ3v) is 2.27. The van der Waals surface area contributed by atoms with Crippen LogP contribution in [0.3, 0.4) is 0 Å². The lowest BCUT2D eigenvalue weighted by molar-refractivity contribution is 0.156. The predicted octanol–water partition coefficient (Wildman–Crippen LogP) is 2.29. The molecule has 102 valence electrons. The Morgan fingerprint density at radius 2 is 2.00 bits per heavy atom. The first kappa shape index (κ1) is 14.9. The maximum Gasteiger partial charge on any atom is 0.213 e. The zero-order valence-corrected chi connectivity index (χ0v) is 11.9. The topological polar surface area (TPSA) is 54.4 Å². The van der Waals surface area contributed by atoms with Gasteiger partial charge in [-0.25, -0.2) is 4.98 Å². The van der Waals surface area contributed by atoms with Gasteiger partial charge in [-0.1, -0.05) is 6.07 Å². The SMILES string of the molecule is CC(C)Oc1cccc([C@@H](O)CNC(C)(C)C)n1. The van der Waals surface area contributed by atoms with Gasteiger partial charge < -0.3 is 15.2 Å². The number of hydrogen-bond acceptors (Lipinski definition) is 4. The molecule has 0 aliphatic rings. The first-order chi connectivity index (χ1) is 8.28. The standard InChI is InChI=1S/C14H24N2O2/c1-10(2)18-13-8-6-7-11(16-13)12(17)9-15-14(3,4)5/h6-8,10,12,15,17H,9H2,1-5H3/t12-/m0/s1. The van der Waals surface area contributed by atoms with Gasteiger partial charge in [0.05, 0.1) is 11.8 Å². The lowest BCUT2D eigenvalue weighted by atomic mass is 10.1. The van der Waals surface area contributed by atoms with E-state index in [1.54, 1.807) is 6.07 Å². The largest absolute Gasteiger partial charge is 0.475 e. The molecule has 0 aliphatic heterocycles. The molecule has 0 aliphatic carbocycles. The number of β-amino-alcohol motifs (C(OH)–C–C–N with tert-alkyl or cyclic N) is 1. The number of ether oxygens (including phenoxy) is 1. The van der Waals surface area contributed by atoms with E-state index in [-0.39, 0.29) is 11.6 Å². The zero-order chi connectivity index (χ0) is 13.8. The van der Waals surface area contributed by atoms with Crippen LogP contribution < -0.4 is 10.1 Å². The van der Waals surface area contributed by atoms with Crippen molar-refractivity contribution in [1.82, 2.24) is 10.3 Å². The fourth-order valence-corrected chi connectivity index (χ4v) is 1.43. The number of nitrogens with zero attached hydrogens (tertiary/aromatic N) is 1. The summed E-state index contributed by atoms with van der Waals surface area (Å²) in [6.07, 6.45) is -0.544. The predicted molar refractivity (Wildman–Crippen MR) is 72.7 cm³/mol. The van der Waals surface area contributed by atoms with E-state index in [9.17, 15) is 5.11 Å². The molecule has 18 heavy (non-hydrogen) atoms. The maximum absolute atomic E-state index is 10.1. The van der Waals surface area contributed by atoms with Crippen molar-refractivity contribution in [1.29, 1.82) is 0 Å². The zero-order valence-electron chi connectivity index (χ0n) is 11.9. The van der Waals surface area contributed by atoms with Gasteiger partial charge in [-0.2, -0.15) is 0 Å². The fourth-order valence-electron chi connectivity index (χ4n) is 1.43. The van der Waals surface area contributed by atoms with Gasteiger partial charge in [-0.05, 0) is 40.7 Å². The van der Waals surface area contributed by atoms with Crippen LogP contribution in [0.1, 0.15) is 46.4 Å². The highest BCUT2D eigenvalue weighted by atomic mass is 16.5. The Hall–Kier alpha value is -1.13. The molecule has 0 saturated carbocycles. The van der Waals surface area contributed by atoms with Gasteiger partial charge in [0.1, 0.15) is 6.10 Å². The minimum Gasteiger partial charge on any atom is -0.475 e. The molecule has 0 spiro atoms. The van der Waals surface area contributed by atoms with E-state index in [2.05, 4.69) is 31.1 Å². The molecule has 1 rings (SSSR count). The summed E-state index contributed by atoms with van der Waals surface area (Å²) in [6.45, 7) is 10.6. The summed E-state index contributed by atoms with van der Waals surface area (Å²) in [5.41, 5.74) is 0.609. The molecule has 0 aromatic carbocycles. The Morgan fingerprint density at radius 3 is 2.56 bits per heavy atom. The van der Waals surface area contributed by atoms with Gasteiger partial charge in [0.25, 0.3) is 0 Å². The van der Waals surface area contributed by atoms with Crippen molar-refractivity contribution in [3.8, 4) is 5.88 Å². The summed E-state index contributed by atoms with van der Waals surface area (Å²) in [4.78, 5) is 4.30. The molecule has 1 atom stereocenters. The highest BCUT2D eigenvalue weighted by Crippen LogP contribution is 2.15. The van der Waals surface area contributed by atoms with E-state index < -0.39 is 6.10 Å². The maximum atomic E-state index is 10.1. The van der Waals surface area contributed by atoms with Crippen LogP contribution in [-0.2, 0) is 0 Å². The molecule has 0 unspecified atom stereocenters. The summed E-state index contributed by atoms with van der Waals surface area (Å²) in [5, 5.41) is 13.3. The average Bonchev–Trinajstić information content (AvgIpc) is 2.24. The Morgan fingerprint density at radius 1 is 1.33 bits per heavy atom. The van der Waals surface area contributed by atoms with E-state index in [1.165, 1.54) is 0 Å². The molecule has 0 bridgehead atoms. The van der Waals surface area contributed by atoms with Gasteiger partial charge in [-0.3, -0.25) is 0 Å². The van der Waals surface area contributed by atoms with Gasteiger partial charge in [-0.15, -0.1) is 0 Å². The monoisotopic (exact) mass is 252 g/mol. The molecule has 0 radical (unpaired) electrons.